The van der Waals surface area contributed by atoms with Gasteiger partial charge in [0.15, 0.2) is 0 Å². The van der Waals surface area contributed by atoms with E-state index < -0.39 is 0 Å². The Morgan fingerprint density at radius 1 is 1.13 bits per heavy atom. The molecule has 1 N–H and O–H groups in total. The lowest BCUT2D eigenvalue weighted by Gasteiger charge is -2.32. The van der Waals surface area contributed by atoms with E-state index in [4.69, 9.17) is 0 Å². The van der Waals surface area contributed by atoms with Crippen molar-refractivity contribution in [3.63, 3.8) is 0 Å². The Kier molecular flexibility index (Phi) is 3.76. The van der Waals surface area contributed by atoms with Gasteiger partial charge in [-0.25, -0.2) is 4.98 Å². The smallest absolute Gasteiger partial charge is 0.229 e. The van der Waals surface area contributed by atoms with E-state index in [2.05, 4.69) is 37.3 Å². The molecule has 2 aliphatic rings. The van der Waals surface area contributed by atoms with E-state index in [0.717, 1.165) is 37.4 Å². The lowest BCUT2D eigenvalue weighted by Crippen LogP contribution is -2.32. The molecule has 5 nitrogen and oxygen atoms in total. The Bertz CT molecular complexity index is 751. The van der Waals surface area contributed by atoms with E-state index in [-0.39, 0.29) is 0 Å². The summed E-state index contributed by atoms with van der Waals surface area (Å²) in [5.41, 5.74) is 3.97. The first kappa shape index (κ1) is 13.9. The first-order valence-corrected chi connectivity index (χ1v) is 8.01. The van der Waals surface area contributed by atoms with Gasteiger partial charge in [-0.15, -0.1) is 0 Å². The summed E-state index contributed by atoms with van der Waals surface area (Å²) in [5.74, 6) is 1.59. The molecule has 2 aromatic heterocycles. The number of anilines is 3. The molecule has 1 aliphatic heterocycles. The van der Waals surface area contributed by atoms with Gasteiger partial charge >= 0.3 is 0 Å². The fourth-order valence-electron chi connectivity index (χ4n) is 3.11. The normalized spacial score (nSPS) is 17.1. The van der Waals surface area contributed by atoms with Crippen LogP contribution >= 0.6 is 0 Å². The topological polar surface area (TPSA) is 53.9 Å². The Morgan fingerprint density at radius 3 is 3.04 bits per heavy atom. The summed E-state index contributed by atoms with van der Waals surface area (Å²) < 4.78 is 0. The second-order valence-corrected chi connectivity index (χ2v) is 5.85. The van der Waals surface area contributed by atoms with E-state index >= 15 is 0 Å². The number of hydrogen-bond donors (Lipinski definition) is 1. The zero-order chi connectivity index (χ0) is 15.5. The summed E-state index contributed by atoms with van der Waals surface area (Å²) in [5, 5.41) is 3.21. The molecule has 23 heavy (non-hydrogen) atoms. The zero-order valence-electron chi connectivity index (χ0n) is 12.9. The van der Waals surface area contributed by atoms with Gasteiger partial charge < -0.3 is 10.2 Å². The van der Waals surface area contributed by atoms with E-state index in [1.54, 1.807) is 18.0 Å². The van der Waals surface area contributed by atoms with E-state index in [1.807, 2.05) is 24.4 Å². The molecule has 0 bridgehead atoms. The predicted molar refractivity (Wildman–Crippen MR) is 91.8 cm³/mol. The van der Waals surface area contributed by atoms with Crippen LogP contribution in [0.1, 0.15) is 19.3 Å². The summed E-state index contributed by atoms with van der Waals surface area (Å²) in [6.07, 6.45) is 13.3. The molecule has 0 amide bonds. The Hall–Kier alpha value is -2.69. The first-order valence-electron chi connectivity index (χ1n) is 8.01. The predicted octanol–water partition coefficient (Wildman–Crippen LogP) is 3.47. The maximum Gasteiger partial charge on any atom is 0.229 e. The van der Waals surface area contributed by atoms with Gasteiger partial charge in [0.05, 0.1) is 11.9 Å². The molecule has 0 saturated heterocycles. The standard InChI is InChI=1S/C18H19N5/c1-2-5-15-13-23(11-8-14(15)4-1)17-7-10-20-18(22-17)21-16-6-3-9-19-12-16/h1,3-4,6-7,9-10,12H,2,5,8,11,13H2,(H,20,21,22). The maximum absolute atomic E-state index is 4.66. The quantitative estimate of drug-likeness (QED) is 0.941. The molecule has 3 heterocycles. The van der Waals surface area contributed by atoms with Gasteiger partial charge in [-0.3, -0.25) is 4.98 Å². The average molecular weight is 305 g/mol. The summed E-state index contributed by atoms with van der Waals surface area (Å²) >= 11 is 0. The van der Waals surface area contributed by atoms with Gasteiger partial charge in [0.25, 0.3) is 0 Å². The molecule has 0 radical (unpaired) electrons. The monoisotopic (exact) mass is 305 g/mol. The van der Waals surface area contributed by atoms with Crippen molar-refractivity contribution in [2.24, 2.45) is 0 Å². The van der Waals surface area contributed by atoms with Crippen LogP contribution in [0, 0.1) is 0 Å². The first-order chi connectivity index (χ1) is 11.4. The summed E-state index contributed by atoms with van der Waals surface area (Å²) in [6.45, 7) is 1.98. The van der Waals surface area contributed by atoms with Crippen LogP contribution in [-0.2, 0) is 0 Å². The molecule has 1 aliphatic carbocycles. The molecule has 5 heteroatoms. The molecular formula is C18H19N5. The Morgan fingerprint density at radius 2 is 2.13 bits per heavy atom. The van der Waals surface area contributed by atoms with Crippen LogP contribution in [0.4, 0.5) is 17.5 Å². The van der Waals surface area contributed by atoms with Crippen molar-refractivity contribution < 1.29 is 0 Å². The highest BCUT2D eigenvalue weighted by molar-refractivity contribution is 5.54. The molecule has 0 saturated carbocycles. The Balaban J connectivity index is 1.53. The molecule has 2 aromatic rings. The van der Waals surface area contributed by atoms with Gasteiger partial charge in [-0.05, 0) is 48.6 Å². The largest absolute Gasteiger partial charge is 0.352 e. The minimum atomic E-state index is 0.610. The molecule has 116 valence electrons. The number of hydrogen-bond acceptors (Lipinski definition) is 5. The highest BCUT2D eigenvalue weighted by atomic mass is 15.2. The number of nitrogens with zero attached hydrogens (tertiary/aromatic N) is 4. The van der Waals surface area contributed by atoms with Gasteiger partial charge in [0.2, 0.25) is 5.95 Å². The SMILES string of the molecule is C1=CC2=C(CC1)CN(c1ccnc(Nc3cccnc3)n1)CC2. The lowest BCUT2D eigenvalue weighted by atomic mass is 9.92. The molecule has 0 spiro atoms. The van der Waals surface area contributed by atoms with Gasteiger partial charge in [0.1, 0.15) is 5.82 Å². The van der Waals surface area contributed by atoms with Crippen LogP contribution in [0.15, 0.2) is 60.1 Å². The van der Waals surface area contributed by atoms with Crippen molar-refractivity contribution in [3.8, 4) is 0 Å². The van der Waals surface area contributed by atoms with E-state index in [9.17, 15) is 0 Å². The van der Waals surface area contributed by atoms with Crippen LogP contribution in [0.5, 0.6) is 0 Å². The number of allylic oxidation sites excluding steroid dienone is 2. The van der Waals surface area contributed by atoms with Crippen molar-refractivity contribution in [1.82, 2.24) is 15.0 Å². The summed E-state index contributed by atoms with van der Waals surface area (Å²) in [6, 6.07) is 5.83. The minimum absolute atomic E-state index is 0.610. The number of aromatic nitrogens is 3. The molecule has 4 rings (SSSR count). The second kappa shape index (κ2) is 6.20. The van der Waals surface area contributed by atoms with Crippen LogP contribution in [0.25, 0.3) is 0 Å². The molecular weight excluding hydrogens is 286 g/mol. The van der Waals surface area contributed by atoms with Crippen molar-refractivity contribution in [1.29, 1.82) is 0 Å². The van der Waals surface area contributed by atoms with Crippen molar-refractivity contribution >= 4 is 17.5 Å². The maximum atomic E-state index is 4.66. The van der Waals surface area contributed by atoms with E-state index in [1.165, 1.54) is 12.0 Å². The zero-order valence-corrected chi connectivity index (χ0v) is 12.9. The van der Waals surface area contributed by atoms with Gasteiger partial charge in [0, 0.05) is 25.5 Å². The molecule has 0 unspecified atom stereocenters. The van der Waals surface area contributed by atoms with Gasteiger partial charge in [-0.1, -0.05) is 12.2 Å². The van der Waals surface area contributed by atoms with Crippen molar-refractivity contribution in [2.45, 2.75) is 19.3 Å². The van der Waals surface area contributed by atoms with Crippen LogP contribution in [0.2, 0.25) is 0 Å². The Labute approximate surface area is 135 Å². The second-order valence-electron chi connectivity index (χ2n) is 5.85. The average Bonchev–Trinajstić information content (AvgIpc) is 2.62. The van der Waals surface area contributed by atoms with Crippen LogP contribution in [-0.4, -0.2) is 28.0 Å². The highest BCUT2D eigenvalue weighted by Crippen LogP contribution is 2.29. The summed E-state index contributed by atoms with van der Waals surface area (Å²) in [7, 11) is 0. The van der Waals surface area contributed by atoms with Crippen molar-refractivity contribution in [3.05, 3.63) is 60.1 Å². The molecule has 0 fully saturated rings. The van der Waals surface area contributed by atoms with E-state index in [0.29, 0.717) is 5.95 Å². The third-order valence-corrected chi connectivity index (χ3v) is 4.30. The molecule has 0 aromatic carbocycles. The van der Waals surface area contributed by atoms with Gasteiger partial charge in [-0.2, -0.15) is 4.98 Å². The third-order valence-electron chi connectivity index (χ3n) is 4.30. The van der Waals surface area contributed by atoms with Crippen molar-refractivity contribution in [2.75, 3.05) is 23.3 Å². The van der Waals surface area contributed by atoms with Crippen LogP contribution < -0.4 is 10.2 Å². The fourth-order valence-corrected chi connectivity index (χ4v) is 3.11. The van der Waals surface area contributed by atoms with Crippen LogP contribution in [0.3, 0.4) is 0 Å². The lowest BCUT2D eigenvalue weighted by molar-refractivity contribution is 0.717. The number of nitrogens with one attached hydrogen (secondary N) is 1. The number of rotatable bonds is 3. The molecule has 0 atom stereocenters. The fraction of sp³-hybridized carbons (Fsp3) is 0.278. The minimum Gasteiger partial charge on any atom is -0.352 e. The highest BCUT2D eigenvalue weighted by Gasteiger charge is 2.20. The summed E-state index contributed by atoms with van der Waals surface area (Å²) in [4.78, 5) is 15.4. The number of pyridine rings is 1. The third kappa shape index (κ3) is 3.08.